The lowest BCUT2D eigenvalue weighted by molar-refractivity contribution is -0.136. The van der Waals surface area contributed by atoms with Crippen molar-refractivity contribution in [2.75, 3.05) is 24.3 Å². The summed E-state index contributed by atoms with van der Waals surface area (Å²) in [6, 6.07) is 12.4. The smallest absolute Gasteiger partial charge is 0.337 e. The number of carbonyl (C=O) groups is 2. The van der Waals surface area contributed by atoms with Crippen molar-refractivity contribution in [2.24, 2.45) is 0 Å². The topological polar surface area (TPSA) is 82.7 Å². The molecule has 3 N–H and O–H groups in total. The molecule has 2 aromatic rings. The van der Waals surface area contributed by atoms with Gasteiger partial charge < -0.3 is 25.6 Å². The molecule has 0 aromatic heterocycles. The van der Waals surface area contributed by atoms with E-state index in [0.717, 1.165) is 28.1 Å². The molecule has 0 spiro atoms. The Bertz CT molecular complexity index is 1060. The van der Waals surface area contributed by atoms with E-state index < -0.39 is 12.0 Å². The number of anilines is 2. The van der Waals surface area contributed by atoms with Crippen molar-refractivity contribution in [1.82, 2.24) is 10.2 Å². The van der Waals surface area contributed by atoms with Crippen molar-refractivity contribution in [3.63, 3.8) is 0 Å². The third-order valence-electron chi connectivity index (χ3n) is 5.54. The predicted octanol–water partition coefficient (Wildman–Crippen LogP) is 4.65. The van der Waals surface area contributed by atoms with Crippen LogP contribution < -0.4 is 16.0 Å². The van der Waals surface area contributed by atoms with Crippen molar-refractivity contribution in [2.45, 2.75) is 33.7 Å². The first-order valence-corrected chi connectivity index (χ1v) is 10.8. The molecular formula is C24H28N4O3S. The molecule has 1 aliphatic heterocycles. The summed E-state index contributed by atoms with van der Waals surface area (Å²) >= 11 is 5.49. The van der Waals surface area contributed by atoms with Gasteiger partial charge in [0.1, 0.15) is 0 Å². The number of nitrogens with zero attached hydrogens (tertiary/aromatic N) is 1. The number of carbonyl (C=O) groups excluding carboxylic acids is 2. The fraction of sp³-hybridized carbons (Fsp3) is 0.292. The van der Waals surface area contributed by atoms with Crippen molar-refractivity contribution in [1.29, 1.82) is 0 Å². The molecular weight excluding hydrogens is 424 g/mol. The SMILES string of the molecule is CCN1C(=S)NC(c2ccc(NC(=O)Nc3c(C)cccc3C)cc2)C(C(=O)OC)=C1C. The zero-order chi connectivity index (χ0) is 23.4. The molecule has 0 saturated heterocycles. The zero-order valence-electron chi connectivity index (χ0n) is 18.9. The molecule has 0 radical (unpaired) electrons. The van der Waals surface area contributed by atoms with Crippen LogP contribution in [0.3, 0.4) is 0 Å². The van der Waals surface area contributed by atoms with Crippen LogP contribution in [0, 0.1) is 13.8 Å². The van der Waals surface area contributed by atoms with Gasteiger partial charge in [-0.15, -0.1) is 0 Å². The maximum absolute atomic E-state index is 12.5. The molecule has 3 rings (SSSR count). The Kier molecular flexibility index (Phi) is 7.15. The third-order valence-corrected chi connectivity index (χ3v) is 5.88. The van der Waals surface area contributed by atoms with Gasteiger partial charge in [0.05, 0.1) is 18.7 Å². The summed E-state index contributed by atoms with van der Waals surface area (Å²) in [5, 5.41) is 9.54. The van der Waals surface area contributed by atoms with E-state index in [0.29, 0.717) is 22.9 Å². The summed E-state index contributed by atoms with van der Waals surface area (Å²) in [7, 11) is 1.37. The summed E-state index contributed by atoms with van der Waals surface area (Å²) in [4.78, 5) is 26.9. The van der Waals surface area contributed by atoms with Crippen LogP contribution in [0.4, 0.5) is 16.2 Å². The van der Waals surface area contributed by atoms with Gasteiger partial charge in [0.25, 0.3) is 0 Å². The number of methoxy groups -OCH3 is 1. The minimum atomic E-state index is -0.435. The Balaban J connectivity index is 1.80. The Labute approximate surface area is 193 Å². The van der Waals surface area contributed by atoms with Crippen LogP contribution in [-0.2, 0) is 9.53 Å². The monoisotopic (exact) mass is 452 g/mol. The fourth-order valence-electron chi connectivity index (χ4n) is 3.83. The number of thiocarbonyl (C=S) groups is 1. The van der Waals surface area contributed by atoms with Gasteiger partial charge in [-0.3, -0.25) is 0 Å². The summed E-state index contributed by atoms with van der Waals surface area (Å²) in [6.07, 6.45) is 0. The normalized spacial score (nSPS) is 15.8. The molecule has 1 unspecified atom stereocenters. The van der Waals surface area contributed by atoms with Crippen LogP contribution >= 0.6 is 12.2 Å². The number of esters is 1. The number of ether oxygens (including phenoxy) is 1. The van der Waals surface area contributed by atoms with Crippen LogP contribution in [-0.4, -0.2) is 35.7 Å². The minimum absolute atomic E-state index is 0.323. The van der Waals surface area contributed by atoms with Crippen molar-refractivity contribution < 1.29 is 14.3 Å². The van der Waals surface area contributed by atoms with Crippen molar-refractivity contribution in [3.8, 4) is 0 Å². The molecule has 1 heterocycles. The Morgan fingerprint density at radius 2 is 1.69 bits per heavy atom. The molecule has 0 bridgehead atoms. The van der Waals surface area contributed by atoms with Crippen molar-refractivity contribution in [3.05, 3.63) is 70.4 Å². The largest absolute Gasteiger partial charge is 0.466 e. The highest BCUT2D eigenvalue weighted by Gasteiger charge is 2.33. The summed E-state index contributed by atoms with van der Waals surface area (Å²) in [6.45, 7) is 8.38. The maximum Gasteiger partial charge on any atom is 0.337 e. The lowest BCUT2D eigenvalue weighted by Gasteiger charge is -2.36. The van der Waals surface area contributed by atoms with Gasteiger partial charge in [0.15, 0.2) is 5.11 Å². The first-order chi connectivity index (χ1) is 15.3. The molecule has 168 valence electrons. The number of rotatable bonds is 5. The summed E-state index contributed by atoms with van der Waals surface area (Å²) in [5.74, 6) is -0.406. The number of urea groups is 1. The van der Waals surface area contributed by atoms with Crippen LogP contribution in [0.2, 0.25) is 0 Å². The number of hydrogen-bond acceptors (Lipinski definition) is 4. The highest BCUT2D eigenvalue weighted by atomic mass is 32.1. The van der Waals surface area contributed by atoms with E-state index in [1.165, 1.54) is 7.11 Å². The molecule has 0 fully saturated rings. The molecule has 32 heavy (non-hydrogen) atoms. The third kappa shape index (κ3) is 4.75. The molecule has 2 amide bonds. The van der Waals surface area contributed by atoms with E-state index in [1.807, 2.05) is 62.9 Å². The second-order valence-electron chi connectivity index (χ2n) is 7.59. The van der Waals surface area contributed by atoms with Gasteiger partial charge in [-0.05, 0) is 68.7 Å². The van der Waals surface area contributed by atoms with Crippen molar-refractivity contribution >= 4 is 40.7 Å². The zero-order valence-corrected chi connectivity index (χ0v) is 19.7. The number of aryl methyl sites for hydroxylation is 2. The van der Waals surface area contributed by atoms with Gasteiger partial charge in [0.2, 0.25) is 0 Å². The Morgan fingerprint density at radius 1 is 1.06 bits per heavy atom. The number of amides is 2. The molecule has 2 aromatic carbocycles. The first kappa shape index (κ1) is 23.3. The average Bonchev–Trinajstić information content (AvgIpc) is 2.76. The van der Waals surface area contributed by atoms with Crippen LogP contribution in [0.5, 0.6) is 0 Å². The quantitative estimate of drug-likeness (QED) is 0.453. The molecule has 1 aliphatic rings. The number of nitrogens with one attached hydrogen (secondary N) is 3. The average molecular weight is 453 g/mol. The molecule has 1 atom stereocenters. The maximum atomic E-state index is 12.5. The molecule has 0 aliphatic carbocycles. The van der Waals surface area contributed by atoms with E-state index >= 15 is 0 Å². The highest BCUT2D eigenvalue weighted by Crippen LogP contribution is 2.32. The van der Waals surface area contributed by atoms with Crippen LogP contribution in [0.1, 0.15) is 36.6 Å². The van der Waals surface area contributed by atoms with Gasteiger partial charge in [-0.25, -0.2) is 9.59 Å². The van der Waals surface area contributed by atoms with Gasteiger partial charge in [-0.2, -0.15) is 0 Å². The fourth-order valence-corrected chi connectivity index (χ4v) is 4.22. The predicted molar refractivity (Wildman–Crippen MR) is 131 cm³/mol. The molecule has 7 nitrogen and oxygen atoms in total. The number of allylic oxidation sites excluding steroid dienone is 1. The Morgan fingerprint density at radius 3 is 2.25 bits per heavy atom. The summed E-state index contributed by atoms with van der Waals surface area (Å²) < 4.78 is 5.02. The van der Waals surface area contributed by atoms with Gasteiger partial charge in [0, 0.05) is 23.6 Å². The minimum Gasteiger partial charge on any atom is -0.466 e. The molecule has 8 heteroatoms. The van der Waals surface area contributed by atoms with E-state index in [4.69, 9.17) is 17.0 Å². The lowest BCUT2D eigenvalue weighted by Crippen LogP contribution is -2.47. The lowest BCUT2D eigenvalue weighted by atomic mass is 9.95. The standard InChI is InChI=1S/C24H28N4O3S/c1-6-28-16(4)19(22(29)31-5)21(27-24(28)32)17-10-12-18(13-11-17)25-23(30)26-20-14(2)8-7-9-15(20)3/h7-13,21H,6H2,1-5H3,(H,27,32)(H2,25,26,30). The number of benzene rings is 2. The number of para-hydroxylation sites is 1. The Hall–Kier alpha value is -3.39. The van der Waals surface area contributed by atoms with E-state index in [2.05, 4.69) is 16.0 Å². The van der Waals surface area contributed by atoms with E-state index in [1.54, 1.807) is 12.1 Å². The highest BCUT2D eigenvalue weighted by molar-refractivity contribution is 7.80. The second-order valence-corrected chi connectivity index (χ2v) is 7.97. The first-order valence-electron chi connectivity index (χ1n) is 10.4. The number of hydrogen-bond donors (Lipinski definition) is 3. The van der Waals surface area contributed by atoms with Gasteiger partial charge in [-0.1, -0.05) is 30.3 Å². The molecule has 0 saturated carbocycles. The summed E-state index contributed by atoms with van der Waals surface area (Å²) in [5.41, 5.74) is 5.53. The second kappa shape index (κ2) is 9.82. The van der Waals surface area contributed by atoms with Gasteiger partial charge >= 0.3 is 12.0 Å². The van der Waals surface area contributed by atoms with Crippen LogP contribution in [0.15, 0.2) is 53.7 Å². The van der Waals surface area contributed by atoms with E-state index in [9.17, 15) is 9.59 Å². The van der Waals surface area contributed by atoms with Crippen LogP contribution in [0.25, 0.3) is 0 Å². The van der Waals surface area contributed by atoms with E-state index in [-0.39, 0.29) is 6.03 Å².